The van der Waals surface area contributed by atoms with Crippen LogP contribution in [0.3, 0.4) is 0 Å². The third kappa shape index (κ3) is 3.78. The van der Waals surface area contributed by atoms with Crippen molar-refractivity contribution in [3.05, 3.63) is 48.4 Å². The Morgan fingerprint density at radius 3 is 2.80 bits per heavy atom. The Bertz CT molecular complexity index is 1030. The van der Waals surface area contributed by atoms with Crippen LogP contribution in [0.1, 0.15) is 5.76 Å². The molecule has 0 aliphatic carbocycles. The van der Waals surface area contributed by atoms with E-state index in [4.69, 9.17) is 4.42 Å². The van der Waals surface area contributed by atoms with Crippen LogP contribution < -0.4 is 5.32 Å². The normalized spacial score (nSPS) is 12.3. The second-order valence-corrected chi connectivity index (χ2v) is 8.46. The van der Waals surface area contributed by atoms with E-state index >= 15 is 0 Å². The quantitative estimate of drug-likeness (QED) is 0.690. The summed E-state index contributed by atoms with van der Waals surface area (Å²) in [5.74, 6) is 0.217. The SMILES string of the molecule is CN(C)S(=O)(=O)c1ccc2nc(NC(=O)C=Cc3ccco3)sc2c1. The van der Waals surface area contributed by atoms with E-state index in [0.717, 1.165) is 4.31 Å². The molecule has 2 aromatic heterocycles. The Hall–Kier alpha value is -2.49. The Morgan fingerprint density at radius 2 is 2.12 bits per heavy atom. The molecule has 1 aromatic carbocycles. The highest BCUT2D eigenvalue weighted by Crippen LogP contribution is 2.28. The zero-order valence-electron chi connectivity index (χ0n) is 13.5. The summed E-state index contributed by atoms with van der Waals surface area (Å²) in [5, 5.41) is 3.05. The number of sulfonamides is 1. The molecule has 0 bridgehead atoms. The van der Waals surface area contributed by atoms with Crippen molar-refractivity contribution in [2.45, 2.75) is 4.90 Å². The van der Waals surface area contributed by atoms with Crippen LogP contribution in [0.4, 0.5) is 5.13 Å². The Kier molecular flexibility index (Phi) is 4.71. The van der Waals surface area contributed by atoms with Crippen LogP contribution >= 0.6 is 11.3 Å². The second kappa shape index (κ2) is 6.79. The molecule has 0 saturated heterocycles. The number of thiazole rings is 1. The molecule has 9 heteroatoms. The van der Waals surface area contributed by atoms with Gasteiger partial charge in [-0.25, -0.2) is 17.7 Å². The van der Waals surface area contributed by atoms with Gasteiger partial charge in [0.1, 0.15) is 5.76 Å². The van der Waals surface area contributed by atoms with Gasteiger partial charge in [-0.05, 0) is 36.4 Å². The molecule has 3 aromatic rings. The molecule has 2 heterocycles. The van der Waals surface area contributed by atoms with E-state index in [1.54, 1.807) is 30.3 Å². The van der Waals surface area contributed by atoms with Crippen LogP contribution in [0.15, 0.2) is 52.0 Å². The molecular weight excluding hydrogens is 362 g/mol. The number of benzene rings is 1. The number of rotatable bonds is 5. The summed E-state index contributed by atoms with van der Waals surface area (Å²) < 4.78 is 31.3. The average molecular weight is 377 g/mol. The van der Waals surface area contributed by atoms with Crippen molar-refractivity contribution in [3.63, 3.8) is 0 Å². The molecule has 0 fully saturated rings. The number of aromatic nitrogens is 1. The summed E-state index contributed by atoms with van der Waals surface area (Å²) in [5.41, 5.74) is 0.619. The molecule has 7 nitrogen and oxygen atoms in total. The van der Waals surface area contributed by atoms with E-state index in [9.17, 15) is 13.2 Å². The highest BCUT2D eigenvalue weighted by atomic mass is 32.2. The Morgan fingerprint density at radius 1 is 1.32 bits per heavy atom. The van der Waals surface area contributed by atoms with Crippen LogP contribution in [0.5, 0.6) is 0 Å². The van der Waals surface area contributed by atoms with E-state index in [1.807, 2.05) is 0 Å². The van der Waals surface area contributed by atoms with Crippen LogP contribution in [0.25, 0.3) is 16.3 Å². The molecule has 0 radical (unpaired) electrons. The lowest BCUT2D eigenvalue weighted by atomic mass is 10.3. The molecule has 25 heavy (non-hydrogen) atoms. The summed E-state index contributed by atoms with van der Waals surface area (Å²) in [6, 6.07) is 8.13. The molecule has 0 unspecified atom stereocenters. The fourth-order valence-corrected chi connectivity index (χ4v) is 3.93. The average Bonchev–Trinajstić information content (AvgIpc) is 3.20. The summed E-state index contributed by atoms with van der Waals surface area (Å²) in [7, 11) is -0.562. The van der Waals surface area contributed by atoms with Gasteiger partial charge in [-0.3, -0.25) is 10.1 Å². The minimum Gasteiger partial charge on any atom is -0.465 e. The van der Waals surface area contributed by atoms with Gasteiger partial charge in [0.05, 0.1) is 21.4 Å². The topological polar surface area (TPSA) is 92.5 Å². The van der Waals surface area contributed by atoms with Gasteiger partial charge < -0.3 is 4.42 Å². The van der Waals surface area contributed by atoms with Crippen LogP contribution in [0, 0.1) is 0 Å². The summed E-state index contributed by atoms with van der Waals surface area (Å²) >= 11 is 1.21. The number of hydrogen-bond acceptors (Lipinski definition) is 6. The number of furan rings is 1. The zero-order chi connectivity index (χ0) is 18.0. The van der Waals surface area contributed by atoms with Crippen molar-refractivity contribution in [1.29, 1.82) is 0 Å². The molecule has 1 N–H and O–H groups in total. The fourth-order valence-electron chi connectivity index (χ4n) is 2.02. The van der Waals surface area contributed by atoms with E-state index in [1.165, 1.54) is 43.8 Å². The second-order valence-electron chi connectivity index (χ2n) is 5.27. The van der Waals surface area contributed by atoms with Crippen molar-refractivity contribution in [3.8, 4) is 0 Å². The van der Waals surface area contributed by atoms with Gasteiger partial charge in [0, 0.05) is 20.2 Å². The van der Waals surface area contributed by atoms with E-state index in [0.29, 0.717) is 21.1 Å². The van der Waals surface area contributed by atoms with Gasteiger partial charge in [0.25, 0.3) is 0 Å². The first-order chi connectivity index (χ1) is 11.9. The standard InChI is InChI=1S/C16H15N3O4S2/c1-19(2)25(21,22)12-6-7-13-14(10-12)24-16(17-13)18-15(20)8-5-11-4-3-9-23-11/h3-10H,1-2H3,(H,17,18,20). The molecular formula is C16H15N3O4S2. The predicted octanol–water partition coefficient (Wildman–Crippen LogP) is 2.79. The van der Waals surface area contributed by atoms with Crippen molar-refractivity contribution in [1.82, 2.24) is 9.29 Å². The zero-order valence-corrected chi connectivity index (χ0v) is 15.1. The first kappa shape index (κ1) is 17.3. The van der Waals surface area contributed by atoms with Crippen molar-refractivity contribution in [2.24, 2.45) is 0 Å². The molecule has 3 rings (SSSR count). The van der Waals surface area contributed by atoms with E-state index in [2.05, 4.69) is 10.3 Å². The largest absolute Gasteiger partial charge is 0.465 e. The molecule has 0 atom stereocenters. The van der Waals surface area contributed by atoms with Gasteiger partial charge in [0.15, 0.2) is 5.13 Å². The number of carbonyl (C=O) groups is 1. The fraction of sp³-hybridized carbons (Fsp3) is 0.125. The molecule has 0 aliphatic heterocycles. The highest BCUT2D eigenvalue weighted by molar-refractivity contribution is 7.89. The lowest BCUT2D eigenvalue weighted by Gasteiger charge is -2.10. The predicted molar refractivity (Wildman–Crippen MR) is 96.9 cm³/mol. The third-order valence-electron chi connectivity index (χ3n) is 3.31. The smallest absolute Gasteiger partial charge is 0.250 e. The van der Waals surface area contributed by atoms with Crippen LogP contribution in [-0.4, -0.2) is 37.7 Å². The van der Waals surface area contributed by atoms with Gasteiger partial charge in [-0.1, -0.05) is 11.3 Å². The highest BCUT2D eigenvalue weighted by Gasteiger charge is 2.18. The molecule has 130 valence electrons. The first-order valence-electron chi connectivity index (χ1n) is 7.22. The Balaban J connectivity index is 1.81. The minimum atomic E-state index is -3.51. The lowest BCUT2D eigenvalue weighted by Crippen LogP contribution is -2.22. The van der Waals surface area contributed by atoms with Crippen molar-refractivity contribution in [2.75, 3.05) is 19.4 Å². The lowest BCUT2D eigenvalue weighted by molar-refractivity contribution is -0.111. The first-order valence-corrected chi connectivity index (χ1v) is 9.47. The number of anilines is 1. The van der Waals surface area contributed by atoms with E-state index in [-0.39, 0.29) is 10.8 Å². The summed E-state index contributed by atoms with van der Waals surface area (Å²) in [4.78, 5) is 16.4. The van der Waals surface area contributed by atoms with Gasteiger partial charge in [-0.2, -0.15) is 0 Å². The number of hydrogen-bond donors (Lipinski definition) is 1. The van der Waals surface area contributed by atoms with Crippen LogP contribution in [0.2, 0.25) is 0 Å². The van der Waals surface area contributed by atoms with Crippen LogP contribution in [-0.2, 0) is 14.8 Å². The number of amides is 1. The van der Waals surface area contributed by atoms with Crippen molar-refractivity contribution >= 4 is 48.7 Å². The number of fused-ring (bicyclic) bond motifs is 1. The number of nitrogens with one attached hydrogen (secondary N) is 1. The third-order valence-corrected chi connectivity index (χ3v) is 6.06. The molecule has 1 amide bonds. The maximum Gasteiger partial charge on any atom is 0.250 e. The molecule has 0 spiro atoms. The van der Waals surface area contributed by atoms with Gasteiger partial charge in [0.2, 0.25) is 15.9 Å². The van der Waals surface area contributed by atoms with Gasteiger partial charge in [-0.15, -0.1) is 0 Å². The maximum atomic E-state index is 12.2. The van der Waals surface area contributed by atoms with E-state index < -0.39 is 10.0 Å². The minimum absolute atomic E-state index is 0.184. The molecule has 0 aliphatic rings. The maximum absolute atomic E-state index is 12.2. The summed E-state index contributed by atoms with van der Waals surface area (Å²) in [6.07, 6.45) is 4.40. The molecule has 0 saturated carbocycles. The number of nitrogens with zero attached hydrogens (tertiary/aromatic N) is 2. The number of carbonyl (C=O) groups excluding carboxylic acids is 1. The monoisotopic (exact) mass is 377 g/mol. The summed E-state index contributed by atoms with van der Waals surface area (Å²) in [6.45, 7) is 0. The van der Waals surface area contributed by atoms with Gasteiger partial charge >= 0.3 is 0 Å². The van der Waals surface area contributed by atoms with Crippen molar-refractivity contribution < 1.29 is 17.6 Å². The Labute approximate surface area is 148 Å².